The van der Waals surface area contributed by atoms with Crippen LogP contribution in [0.15, 0.2) is 22.6 Å². The number of aliphatic imine (C=N–C) groups is 1. The number of nitrogens with one attached hydrogen (secondary N) is 2. The van der Waals surface area contributed by atoms with Crippen molar-refractivity contribution in [1.29, 1.82) is 5.41 Å². The summed E-state index contributed by atoms with van der Waals surface area (Å²) in [5.74, 6) is 0.531. The summed E-state index contributed by atoms with van der Waals surface area (Å²) in [4.78, 5) is 10.8. The van der Waals surface area contributed by atoms with E-state index in [1.165, 1.54) is 5.22 Å². The van der Waals surface area contributed by atoms with Crippen LogP contribution in [0, 0.1) is 5.41 Å². The van der Waals surface area contributed by atoms with Gasteiger partial charge in [-0.3, -0.25) is 10.4 Å². The summed E-state index contributed by atoms with van der Waals surface area (Å²) < 4.78 is 2.17. The van der Waals surface area contributed by atoms with E-state index in [0.717, 1.165) is 42.2 Å². The van der Waals surface area contributed by atoms with Crippen LogP contribution in [0.2, 0.25) is 0 Å². The molecular formula is C18H24N6S. The maximum atomic E-state index is 8.39. The van der Waals surface area contributed by atoms with Crippen molar-refractivity contribution >= 4 is 35.5 Å². The van der Waals surface area contributed by atoms with Crippen LogP contribution in [0.4, 0.5) is 0 Å². The lowest BCUT2D eigenvalue weighted by atomic mass is 10.3. The summed E-state index contributed by atoms with van der Waals surface area (Å²) in [6, 6.07) is 2.10. The molecule has 0 amide bonds. The molecule has 2 aromatic heterocycles. The minimum Gasteiger partial charge on any atom is -0.353 e. The molecule has 2 aromatic rings. The molecule has 0 unspecified atom stereocenters. The Morgan fingerprint density at radius 2 is 2.24 bits per heavy atom. The zero-order chi connectivity index (χ0) is 17.6. The minimum atomic E-state index is 0.531. The third kappa shape index (κ3) is 4.05. The second-order valence-electron chi connectivity index (χ2n) is 5.86. The quantitative estimate of drug-likeness (QED) is 0.619. The van der Waals surface area contributed by atoms with Gasteiger partial charge < -0.3 is 14.8 Å². The van der Waals surface area contributed by atoms with Gasteiger partial charge in [0.05, 0.1) is 6.54 Å². The number of piperazine rings is 1. The highest BCUT2D eigenvalue weighted by Gasteiger charge is 2.17. The van der Waals surface area contributed by atoms with Gasteiger partial charge in [-0.2, -0.15) is 0 Å². The lowest BCUT2D eigenvalue weighted by molar-refractivity contribution is 0.355. The fraction of sp³-hybridized carbons (Fsp3) is 0.389. The Bertz CT molecular complexity index is 870. The second-order valence-corrected chi connectivity index (χ2v) is 6.80. The van der Waals surface area contributed by atoms with Gasteiger partial charge in [-0.25, -0.2) is 4.98 Å². The Labute approximate surface area is 151 Å². The smallest absolute Gasteiger partial charge is 0.148 e. The highest BCUT2D eigenvalue weighted by molar-refractivity contribution is 7.09. The number of hydrogen-bond acceptors (Lipinski definition) is 5. The molecule has 1 aliphatic heterocycles. The summed E-state index contributed by atoms with van der Waals surface area (Å²) in [5.41, 5.74) is 0.775. The molecule has 7 heteroatoms. The predicted molar refractivity (Wildman–Crippen MR) is 105 cm³/mol. The Morgan fingerprint density at radius 1 is 1.44 bits per heavy atom. The summed E-state index contributed by atoms with van der Waals surface area (Å²) >= 11 is 1.61. The van der Waals surface area contributed by atoms with E-state index in [1.54, 1.807) is 18.4 Å². The lowest BCUT2D eigenvalue weighted by Crippen LogP contribution is -2.46. The fourth-order valence-corrected chi connectivity index (χ4v) is 3.69. The summed E-state index contributed by atoms with van der Waals surface area (Å²) in [5, 5.41) is 17.0. The fourth-order valence-electron chi connectivity index (χ4n) is 2.91. The summed E-state index contributed by atoms with van der Waals surface area (Å²) in [6.45, 7) is 6.34. The van der Waals surface area contributed by atoms with Crippen LogP contribution in [0.25, 0.3) is 12.2 Å². The number of hydrogen-bond donors (Lipinski definition) is 2. The Kier molecular flexibility index (Phi) is 5.78. The van der Waals surface area contributed by atoms with Crippen molar-refractivity contribution in [3.8, 4) is 0 Å². The van der Waals surface area contributed by atoms with Crippen molar-refractivity contribution in [1.82, 2.24) is 19.8 Å². The molecule has 0 aliphatic carbocycles. The molecule has 1 aliphatic rings. The SMILES string of the molecule is C/C=c1/ccn(Cc2nc(C(=N)N3CCNCC3)cs2)/c1=C/C=N/C. The van der Waals surface area contributed by atoms with Crippen molar-refractivity contribution in [3.05, 3.63) is 38.9 Å². The number of nitrogens with zero attached hydrogens (tertiary/aromatic N) is 4. The van der Waals surface area contributed by atoms with Gasteiger partial charge in [0.25, 0.3) is 0 Å². The van der Waals surface area contributed by atoms with Crippen LogP contribution >= 0.6 is 11.3 Å². The van der Waals surface area contributed by atoms with Crippen LogP contribution in [-0.2, 0) is 6.54 Å². The molecule has 3 rings (SSSR count). The van der Waals surface area contributed by atoms with Crippen molar-refractivity contribution in [2.45, 2.75) is 13.5 Å². The van der Waals surface area contributed by atoms with E-state index < -0.39 is 0 Å². The first kappa shape index (κ1) is 17.6. The predicted octanol–water partition coefficient (Wildman–Crippen LogP) is 0.505. The zero-order valence-corrected chi connectivity index (χ0v) is 15.5. The van der Waals surface area contributed by atoms with Crippen LogP contribution in [0.3, 0.4) is 0 Å². The molecule has 2 N–H and O–H groups in total. The van der Waals surface area contributed by atoms with Crippen molar-refractivity contribution in [2.75, 3.05) is 33.2 Å². The third-order valence-electron chi connectivity index (χ3n) is 4.26. The average Bonchev–Trinajstić information content (AvgIpc) is 3.27. The standard InChI is InChI=1S/C18H24N6S/c1-3-14-5-9-24(16(14)4-6-20-2)12-17-22-15(13-25-17)18(19)23-10-7-21-8-11-23/h3-6,9,13,19,21H,7-8,10-12H2,1-2H3/b14-3-,16-4+,19-18?,20-6+. The molecule has 0 atom stereocenters. The van der Waals surface area contributed by atoms with E-state index in [1.807, 2.05) is 24.6 Å². The maximum Gasteiger partial charge on any atom is 0.148 e. The third-order valence-corrected chi connectivity index (χ3v) is 5.10. The number of aromatic nitrogens is 2. The van der Waals surface area contributed by atoms with E-state index >= 15 is 0 Å². The van der Waals surface area contributed by atoms with E-state index in [9.17, 15) is 0 Å². The molecule has 0 radical (unpaired) electrons. The number of thiazole rings is 1. The summed E-state index contributed by atoms with van der Waals surface area (Å²) in [6.07, 6.45) is 8.01. The largest absolute Gasteiger partial charge is 0.353 e. The Morgan fingerprint density at radius 3 is 2.96 bits per heavy atom. The van der Waals surface area contributed by atoms with E-state index in [0.29, 0.717) is 12.4 Å². The minimum absolute atomic E-state index is 0.531. The topological polar surface area (TPSA) is 69.3 Å². The van der Waals surface area contributed by atoms with E-state index in [2.05, 4.69) is 38.1 Å². The molecule has 0 saturated carbocycles. The Balaban J connectivity index is 1.80. The Hall–Kier alpha value is -2.25. The molecule has 0 spiro atoms. The van der Waals surface area contributed by atoms with Crippen molar-refractivity contribution in [2.24, 2.45) is 4.99 Å². The van der Waals surface area contributed by atoms with Gasteiger partial charge in [0, 0.05) is 56.4 Å². The van der Waals surface area contributed by atoms with Gasteiger partial charge in [0.15, 0.2) is 0 Å². The van der Waals surface area contributed by atoms with Crippen LogP contribution in [-0.4, -0.2) is 59.7 Å². The van der Waals surface area contributed by atoms with Crippen LogP contribution < -0.4 is 15.9 Å². The zero-order valence-electron chi connectivity index (χ0n) is 14.7. The molecule has 0 bridgehead atoms. The maximum absolute atomic E-state index is 8.39. The van der Waals surface area contributed by atoms with Gasteiger partial charge in [-0.1, -0.05) is 6.08 Å². The monoisotopic (exact) mass is 356 g/mol. The first-order valence-electron chi connectivity index (χ1n) is 8.46. The van der Waals surface area contributed by atoms with Crippen molar-refractivity contribution < 1.29 is 0 Å². The first-order chi connectivity index (χ1) is 12.2. The van der Waals surface area contributed by atoms with Gasteiger partial charge >= 0.3 is 0 Å². The second kappa shape index (κ2) is 8.22. The number of amidine groups is 1. The average molecular weight is 356 g/mol. The van der Waals surface area contributed by atoms with Crippen molar-refractivity contribution in [3.63, 3.8) is 0 Å². The van der Waals surface area contributed by atoms with E-state index in [-0.39, 0.29) is 0 Å². The van der Waals surface area contributed by atoms with Gasteiger partial charge in [0.1, 0.15) is 16.5 Å². The molecule has 0 aromatic carbocycles. The molecule has 1 fully saturated rings. The van der Waals surface area contributed by atoms with Gasteiger partial charge in [-0.15, -0.1) is 11.3 Å². The first-order valence-corrected chi connectivity index (χ1v) is 9.34. The van der Waals surface area contributed by atoms with E-state index in [4.69, 9.17) is 10.4 Å². The van der Waals surface area contributed by atoms with Crippen LogP contribution in [0.1, 0.15) is 17.6 Å². The molecule has 25 heavy (non-hydrogen) atoms. The molecular weight excluding hydrogens is 332 g/mol. The normalized spacial score (nSPS) is 17.0. The molecule has 1 saturated heterocycles. The highest BCUT2D eigenvalue weighted by atomic mass is 32.1. The highest BCUT2D eigenvalue weighted by Crippen LogP contribution is 2.13. The van der Waals surface area contributed by atoms with Crippen LogP contribution in [0.5, 0.6) is 0 Å². The molecule has 6 nitrogen and oxygen atoms in total. The lowest BCUT2D eigenvalue weighted by Gasteiger charge is -2.28. The number of rotatable bonds is 4. The van der Waals surface area contributed by atoms with Gasteiger partial charge in [-0.05, 0) is 24.3 Å². The molecule has 132 valence electrons. The summed E-state index contributed by atoms with van der Waals surface area (Å²) in [7, 11) is 1.77. The van der Waals surface area contributed by atoms with Gasteiger partial charge in [0.2, 0.25) is 0 Å². The molecule has 3 heterocycles.